The van der Waals surface area contributed by atoms with Crippen molar-refractivity contribution in [2.75, 3.05) is 4.90 Å². The Bertz CT molecular complexity index is 2920. The molecule has 2 heteroatoms. The number of hydrogen-bond donors (Lipinski definition) is 0. The van der Waals surface area contributed by atoms with Gasteiger partial charge in [0.2, 0.25) is 0 Å². The van der Waals surface area contributed by atoms with Gasteiger partial charge in [0, 0.05) is 37.2 Å². The van der Waals surface area contributed by atoms with Crippen molar-refractivity contribution in [3.63, 3.8) is 0 Å². The highest BCUT2D eigenvalue weighted by Gasteiger charge is 2.17. The first kappa shape index (κ1) is 30.4. The van der Waals surface area contributed by atoms with Gasteiger partial charge in [0.25, 0.3) is 0 Å². The molecule has 0 aliphatic rings. The standard InChI is InChI=1S/C50H33NS/c1-2-10-34(11-3-1)37-14-8-16-44(31-37)51(46-26-27-48-47-18-6-7-19-49(47)52-50(48)33-46)45-17-9-15-38(32-45)39-22-23-43-30-42(25-24-41(43)29-39)40-21-20-35-12-4-5-13-36(35)28-40/h1-33H. The summed E-state index contributed by atoms with van der Waals surface area (Å²) in [4.78, 5) is 2.40. The summed E-state index contributed by atoms with van der Waals surface area (Å²) < 4.78 is 2.60. The van der Waals surface area contributed by atoms with Crippen LogP contribution >= 0.6 is 11.3 Å². The largest absolute Gasteiger partial charge is 0.310 e. The summed E-state index contributed by atoms with van der Waals surface area (Å²) >= 11 is 1.86. The first-order chi connectivity index (χ1) is 25.7. The lowest BCUT2D eigenvalue weighted by molar-refractivity contribution is 1.29. The van der Waals surface area contributed by atoms with Crippen LogP contribution in [0.5, 0.6) is 0 Å². The van der Waals surface area contributed by atoms with Gasteiger partial charge in [-0.25, -0.2) is 0 Å². The second-order valence-electron chi connectivity index (χ2n) is 13.4. The first-order valence-electron chi connectivity index (χ1n) is 17.7. The SMILES string of the molecule is c1ccc(-c2cccc(N(c3cccc(-c4ccc5cc(-c6ccc7ccccc7c6)ccc5c4)c3)c3ccc4c(c3)sc3ccccc34)c2)cc1. The molecule has 0 spiro atoms. The van der Waals surface area contributed by atoms with E-state index in [0.29, 0.717) is 0 Å². The van der Waals surface area contributed by atoms with E-state index in [1.165, 1.54) is 75.1 Å². The lowest BCUT2D eigenvalue weighted by Gasteiger charge is -2.26. The third kappa shape index (κ3) is 5.51. The molecule has 0 aliphatic carbocycles. The lowest BCUT2D eigenvalue weighted by atomic mass is 9.96. The van der Waals surface area contributed by atoms with Gasteiger partial charge in [0.05, 0.1) is 0 Å². The Hall–Kier alpha value is -6.48. The van der Waals surface area contributed by atoms with Gasteiger partial charge in [0.1, 0.15) is 0 Å². The molecule has 0 atom stereocenters. The molecule has 244 valence electrons. The third-order valence-electron chi connectivity index (χ3n) is 10.2. The van der Waals surface area contributed by atoms with Gasteiger partial charge in [-0.1, -0.05) is 140 Å². The molecule has 10 rings (SSSR count). The number of rotatable bonds is 6. The summed E-state index contributed by atoms with van der Waals surface area (Å²) in [5.74, 6) is 0. The molecule has 0 saturated heterocycles. The first-order valence-corrected chi connectivity index (χ1v) is 18.6. The maximum Gasteiger partial charge on any atom is 0.0476 e. The summed E-state index contributed by atoms with van der Waals surface area (Å²) in [5.41, 5.74) is 10.6. The zero-order valence-electron chi connectivity index (χ0n) is 28.4. The monoisotopic (exact) mass is 679 g/mol. The fraction of sp³-hybridized carbons (Fsp3) is 0. The van der Waals surface area contributed by atoms with Crippen molar-refractivity contribution in [1.29, 1.82) is 0 Å². The van der Waals surface area contributed by atoms with E-state index in [4.69, 9.17) is 0 Å². The van der Waals surface area contributed by atoms with Gasteiger partial charge in [-0.3, -0.25) is 0 Å². The van der Waals surface area contributed by atoms with Gasteiger partial charge in [-0.15, -0.1) is 11.3 Å². The van der Waals surface area contributed by atoms with Crippen LogP contribution in [-0.4, -0.2) is 0 Å². The van der Waals surface area contributed by atoms with E-state index in [-0.39, 0.29) is 0 Å². The van der Waals surface area contributed by atoms with Crippen LogP contribution in [0.2, 0.25) is 0 Å². The molecule has 0 unspecified atom stereocenters. The molecule has 0 amide bonds. The Morgan fingerprint density at radius 3 is 1.44 bits per heavy atom. The van der Waals surface area contributed by atoms with Gasteiger partial charge >= 0.3 is 0 Å². The van der Waals surface area contributed by atoms with Crippen LogP contribution in [0, 0.1) is 0 Å². The predicted octanol–water partition coefficient (Wildman–Crippen LogP) is 14.8. The highest BCUT2D eigenvalue weighted by Crippen LogP contribution is 2.42. The lowest BCUT2D eigenvalue weighted by Crippen LogP contribution is -2.10. The normalized spacial score (nSPS) is 11.5. The van der Waals surface area contributed by atoms with E-state index in [1.807, 2.05) is 11.3 Å². The number of benzene rings is 9. The smallest absolute Gasteiger partial charge is 0.0476 e. The van der Waals surface area contributed by atoms with Crippen LogP contribution < -0.4 is 4.90 Å². The Morgan fingerprint density at radius 2 is 0.750 bits per heavy atom. The highest BCUT2D eigenvalue weighted by atomic mass is 32.1. The molecule has 1 aromatic heterocycles. The van der Waals surface area contributed by atoms with Crippen LogP contribution in [0.15, 0.2) is 200 Å². The number of anilines is 3. The Morgan fingerprint density at radius 1 is 0.269 bits per heavy atom. The number of hydrogen-bond acceptors (Lipinski definition) is 2. The molecular formula is C50H33NS. The van der Waals surface area contributed by atoms with Gasteiger partial charge < -0.3 is 4.90 Å². The number of fused-ring (bicyclic) bond motifs is 5. The van der Waals surface area contributed by atoms with Crippen LogP contribution in [0.1, 0.15) is 0 Å². The van der Waals surface area contributed by atoms with Crippen LogP contribution in [0.25, 0.3) is 75.1 Å². The van der Waals surface area contributed by atoms with E-state index < -0.39 is 0 Å². The highest BCUT2D eigenvalue weighted by molar-refractivity contribution is 7.25. The predicted molar refractivity (Wildman–Crippen MR) is 225 cm³/mol. The summed E-state index contributed by atoms with van der Waals surface area (Å²) in [6, 6.07) is 73.0. The van der Waals surface area contributed by atoms with Crippen molar-refractivity contribution in [2.45, 2.75) is 0 Å². The van der Waals surface area contributed by atoms with Gasteiger partial charge in [-0.2, -0.15) is 0 Å². The molecule has 1 heterocycles. The molecule has 0 N–H and O–H groups in total. The maximum atomic E-state index is 2.40. The Labute approximate surface area is 307 Å². The molecule has 0 radical (unpaired) electrons. The minimum Gasteiger partial charge on any atom is -0.310 e. The summed E-state index contributed by atoms with van der Waals surface area (Å²) in [5, 5.41) is 7.61. The molecule has 0 bridgehead atoms. The second-order valence-corrected chi connectivity index (χ2v) is 14.5. The topological polar surface area (TPSA) is 3.24 Å². The average molecular weight is 680 g/mol. The second kappa shape index (κ2) is 12.7. The van der Waals surface area contributed by atoms with E-state index in [1.54, 1.807) is 0 Å². The molecule has 0 saturated carbocycles. The third-order valence-corrected chi connectivity index (χ3v) is 11.3. The fourth-order valence-electron chi connectivity index (χ4n) is 7.55. The summed E-state index contributed by atoms with van der Waals surface area (Å²) in [7, 11) is 0. The van der Waals surface area contributed by atoms with Gasteiger partial charge in [-0.05, 0) is 116 Å². The minimum atomic E-state index is 1.12. The molecule has 10 aromatic rings. The zero-order chi connectivity index (χ0) is 34.4. The quantitative estimate of drug-likeness (QED) is 0.169. The summed E-state index contributed by atoms with van der Waals surface area (Å²) in [6.07, 6.45) is 0. The summed E-state index contributed by atoms with van der Waals surface area (Å²) in [6.45, 7) is 0. The van der Waals surface area contributed by atoms with E-state index >= 15 is 0 Å². The van der Waals surface area contributed by atoms with E-state index in [2.05, 4.69) is 205 Å². The van der Waals surface area contributed by atoms with Crippen LogP contribution in [0.4, 0.5) is 17.1 Å². The number of nitrogens with zero attached hydrogens (tertiary/aromatic N) is 1. The van der Waals surface area contributed by atoms with Gasteiger partial charge in [0.15, 0.2) is 0 Å². The zero-order valence-corrected chi connectivity index (χ0v) is 29.2. The van der Waals surface area contributed by atoms with Crippen molar-refractivity contribution >= 4 is 70.1 Å². The van der Waals surface area contributed by atoms with Crippen LogP contribution in [0.3, 0.4) is 0 Å². The molecule has 0 fully saturated rings. The average Bonchev–Trinajstić information content (AvgIpc) is 3.59. The number of thiophene rings is 1. The van der Waals surface area contributed by atoms with Crippen LogP contribution in [-0.2, 0) is 0 Å². The molecule has 1 nitrogen and oxygen atoms in total. The molecule has 52 heavy (non-hydrogen) atoms. The van der Waals surface area contributed by atoms with Crippen molar-refractivity contribution in [1.82, 2.24) is 0 Å². The van der Waals surface area contributed by atoms with Crippen molar-refractivity contribution in [2.24, 2.45) is 0 Å². The van der Waals surface area contributed by atoms with Crippen molar-refractivity contribution in [3.05, 3.63) is 200 Å². The Kier molecular flexibility index (Phi) is 7.41. The maximum absolute atomic E-state index is 2.40. The van der Waals surface area contributed by atoms with Crippen molar-refractivity contribution < 1.29 is 0 Å². The molecule has 9 aromatic carbocycles. The van der Waals surface area contributed by atoms with E-state index in [9.17, 15) is 0 Å². The Balaban J connectivity index is 1.06. The minimum absolute atomic E-state index is 1.12. The van der Waals surface area contributed by atoms with Crippen molar-refractivity contribution in [3.8, 4) is 33.4 Å². The fourth-order valence-corrected chi connectivity index (χ4v) is 8.69. The van der Waals surface area contributed by atoms with E-state index in [0.717, 1.165) is 17.1 Å². The molecular weight excluding hydrogens is 647 g/mol. The molecule has 0 aliphatic heterocycles.